The van der Waals surface area contributed by atoms with Crippen molar-refractivity contribution in [3.8, 4) is 0 Å². The minimum absolute atomic E-state index is 0.0132. The number of nitrogens with one attached hydrogen (secondary N) is 2. The molecule has 0 bridgehead atoms. The highest BCUT2D eigenvalue weighted by Crippen LogP contribution is 1.97. The SMILES string of the molecule is CCCNC(=O)CN(C)CC(=O)c1ccc[nH]1. The molecule has 0 spiro atoms. The highest BCUT2D eigenvalue weighted by molar-refractivity contribution is 5.96. The minimum Gasteiger partial charge on any atom is -0.359 e. The Bertz CT molecular complexity index is 360. The van der Waals surface area contributed by atoms with E-state index in [1.165, 1.54) is 0 Å². The summed E-state index contributed by atoms with van der Waals surface area (Å²) in [5.74, 6) is -0.0607. The lowest BCUT2D eigenvalue weighted by molar-refractivity contribution is -0.121. The van der Waals surface area contributed by atoms with Crippen molar-refractivity contribution in [1.82, 2.24) is 15.2 Å². The van der Waals surface area contributed by atoms with Crippen molar-refractivity contribution < 1.29 is 9.59 Å². The number of aromatic nitrogens is 1. The second-order valence-electron chi connectivity index (χ2n) is 4.03. The molecule has 5 nitrogen and oxygen atoms in total. The average molecular weight is 237 g/mol. The van der Waals surface area contributed by atoms with E-state index in [1.807, 2.05) is 6.92 Å². The molecule has 1 amide bonds. The molecular weight excluding hydrogens is 218 g/mol. The van der Waals surface area contributed by atoms with Crippen molar-refractivity contribution in [2.24, 2.45) is 0 Å². The molecule has 0 unspecified atom stereocenters. The molecule has 1 aromatic heterocycles. The van der Waals surface area contributed by atoms with Crippen LogP contribution < -0.4 is 5.32 Å². The molecule has 1 heterocycles. The maximum absolute atomic E-state index is 11.7. The van der Waals surface area contributed by atoms with Crippen LogP contribution in [0.1, 0.15) is 23.8 Å². The third-order valence-corrected chi connectivity index (χ3v) is 2.30. The summed E-state index contributed by atoms with van der Waals surface area (Å²) in [7, 11) is 1.76. The quantitative estimate of drug-likeness (QED) is 0.684. The van der Waals surface area contributed by atoms with Gasteiger partial charge in [-0.25, -0.2) is 0 Å². The lowest BCUT2D eigenvalue weighted by Crippen LogP contribution is -2.37. The van der Waals surface area contributed by atoms with Crippen molar-refractivity contribution in [2.75, 3.05) is 26.7 Å². The predicted molar refractivity (Wildman–Crippen MR) is 65.9 cm³/mol. The van der Waals surface area contributed by atoms with E-state index in [4.69, 9.17) is 0 Å². The average Bonchev–Trinajstić information content (AvgIpc) is 2.79. The summed E-state index contributed by atoms with van der Waals surface area (Å²) >= 11 is 0. The van der Waals surface area contributed by atoms with E-state index in [0.29, 0.717) is 12.2 Å². The van der Waals surface area contributed by atoms with Crippen LogP contribution in [0.5, 0.6) is 0 Å². The van der Waals surface area contributed by atoms with Gasteiger partial charge in [0.05, 0.1) is 18.8 Å². The third-order valence-electron chi connectivity index (χ3n) is 2.30. The molecule has 94 valence electrons. The number of amides is 1. The summed E-state index contributed by atoms with van der Waals surface area (Å²) < 4.78 is 0. The molecule has 5 heteroatoms. The van der Waals surface area contributed by atoms with Gasteiger partial charge >= 0.3 is 0 Å². The Morgan fingerprint density at radius 1 is 1.41 bits per heavy atom. The number of hydrogen-bond acceptors (Lipinski definition) is 3. The van der Waals surface area contributed by atoms with Crippen LogP contribution >= 0.6 is 0 Å². The van der Waals surface area contributed by atoms with E-state index in [2.05, 4.69) is 10.3 Å². The van der Waals surface area contributed by atoms with Gasteiger partial charge in [0.2, 0.25) is 5.91 Å². The summed E-state index contributed by atoms with van der Waals surface area (Å²) in [5.41, 5.74) is 0.575. The molecule has 0 aliphatic rings. The number of Topliss-reactive ketones (excluding diaryl/α,β-unsaturated/α-hetero) is 1. The van der Waals surface area contributed by atoms with E-state index < -0.39 is 0 Å². The number of likely N-dealkylation sites (N-methyl/N-ethyl adjacent to an activating group) is 1. The summed E-state index contributed by atoms with van der Waals surface area (Å²) in [4.78, 5) is 27.7. The molecule has 0 radical (unpaired) electrons. The van der Waals surface area contributed by atoms with E-state index in [-0.39, 0.29) is 24.8 Å². The van der Waals surface area contributed by atoms with Crippen LogP contribution in [0.25, 0.3) is 0 Å². The summed E-state index contributed by atoms with van der Waals surface area (Å²) in [6.45, 7) is 3.16. The number of ketones is 1. The third kappa shape index (κ3) is 4.82. The highest BCUT2D eigenvalue weighted by Gasteiger charge is 2.12. The van der Waals surface area contributed by atoms with Crippen LogP contribution in [0.15, 0.2) is 18.3 Å². The van der Waals surface area contributed by atoms with Crippen LogP contribution in [-0.4, -0.2) is 48.3 Å². The number of aromatic amines is 1. The lowest BCUT2D eigenvalue weighted by Gasteiger charge is -2.14. The first-order valence-electron chi connectivity index (χ1n) is 5.75. The normalized spacial score (nSPS) is 10.5. The first-order chi connectivity index (χ1) is 8.13. The van der Waals surface area contributed by atoms with Crippen molar-refractivity contribution in [3.05, 3.63) is 24.0 Å². The van der Waals surface area contributed by atoms with Gasteiger partial charge in [-0.15, -0.1) is 0 Å². The van der Waals surface area contributed by atoms with Gasteiger partial charge in [0.1, 0.15) is 0 Å². The topological polar surface area (TPSA) is 65.2 Å². The van der Waals surface area contributed by atoms with Crippen molar-refractivity contribution in [3.63, 3.8) is 0 Å². The monoisotopic (exact) mass is 237 g/mol. The smallest absolute Gasteiger partial charge is 0.234 e. The van der Waals surface area contributed by atoms with Gasteiger partial charge in [0.25, 0.3) is 0 Å². The maximum Gasteiger partial charge on any atom is 0.234 e. The first kappa shape index (κ1) is 13.4. The van der Waals surface area contributed by atoms with Gasteiger partial charge in [-0.3, -0.25) is 14.5 Å². The van der Waals surface area contributed by atoms with Gasteiger partial charge in [0.15, 0.2) is 5.78 Å². The van der Waals surface area contributed by atoms with Gasteiger partial charge < -0.3 is 10.3 Å². The lowest BCUT2D eigenvalue weighted by atomic mass is 10.2. The molecule has 1 aromatic rings. The zero-order valence-electron chi connectivity index (χ0n) is 10.3. The first-order valence-corrected chi connectivity index (χ1v) is 5.75. The molecule has 0 fully saturated rings. The summed E-state index contributed by atoms with van der Waals surface area (Å²) in [5, 5.41) is 2.77. The van der Waals surface area contributed by atoms with E-state index in [1.54, 1.807) is 30.3 Å². The molecule has 0 aliphatic heterocycles. The highest BCUT2D eigenvalue weighted by atomic mass is 16.2. The second-order valence-corrected chi connectivity index (χ2v) is 4.03. The standard InChI is InChI=1S/C12H19N3O2/c1-3-6-14-12(17)9-15(2)8-11(16)10-5-4-7-13-10/h4-5,7,13H,3,6,8-9H2,1-2H3,(H,14,17). The predicted octanol–water partition coefficient (Wildman–Crippen LogP) is 0.655. The number of rotatable bonds is 7. The maximum atomic E-state index is 11.7. The zero-order valence-corrected chi connectivity index (χ0v) is 10.3. The largest absolute Gasteiger partial charge is 0.359 e. The summed E-state index contributed by atoms with van der Waals surface area (Å²) in [6.07, 6.45) is 2.62. The molecular formula is C12H19N3O2. The van der Waals surface area contributed by atoms with E-state index in [0.717, 1.165) is 6.42 Å². The van der Waals surface area contributed by atoms with Crippen molar-refractivity contribution >= 4 is 11.7 Å². The fourth-order valence-electron chi connectivity index (χ4n) is 1.46. The molecule has 1 rings (SSSR count). The zero-order chi connectivity index (χ0) is 12.7. The van der Waals surface area contributed by atoms with Crippen molar-refractivity contribution in [2.45, 2.75) is 13.3 Å². The number of nitrogens with zero attached hydrogens (tertiary/aromatic N) is 1. The molecule has 2 N–H and O–H groups in total. The minimum atomic E-state index is -0.0476. The molecule has 0 saturated heterocycles. The Kier molecular flexibility index (Phi) is 5.42. The van der Waals surface area contributed by atoms with Crippen LogP contribution in [0.3, 0.4) is 0 Å². The van der Waals surface area contributed by atoms with Gasteiger partial charge in [0, 0.05) is 12.7 Å². The number of hydrogen-bond donors (Lipinski definition) is 2. The van der Waals surface area contributed by atoms with E-state index >= 15 is 0 Å². The van der Waals surface area contributed by atoms with Crippen LogP contribution in [0.2, 0.25) is 0 Å². The Hall–Kier alpha value is -1.62. The fraction of sp³-hybridized carbons (Fsp3) is 0.500. The van der Waals surface area contributed by atoms with Crippen LogP contribution in [0, 0.1) is 0 Å². The number of carbonyl (C=O) groups is 2. The van der Waals surface area contributed by atoms with Crippen LogP contribution in [-0.2, 0) is 4.79 Å². The molecule has 0 saturated carbocycles. The van der Waals surface area contributed by atoms with Crippen molar-refractivity contribution in [1.29, 1.82) is 0 Å². The number of carbonyl (C=O) groups excluding carboxylic acids is 2. The Morgan fingerprint density at radius 2 is 2.18 bits per heavy atom. The Labute approximate surface area is 101 Å². The Balaban J connectivity index is 2.32. The van der Waals surface area contributed by atoms with Gasteiger partial charge in [-0.1, -0.05) is 6.92 Å². The summed E-state index contributed by atoms with van der Waals surface area (Å²) in [6, 6.07) is 3.51. The molecule has 0 aromatic carbocycles. The molecule has 17 heavy (non-hydrogen) atoms. The van der Waals surface area contributed by atoms with Crippen LogP contribution in [0.4, 0.5) is 0 Å². The van der Waals surface area contributed by atoms with Gasteiger partial charge in [-0.2, -0.15) is 0 Å². The fourth-order valence-corrected chi connectivity index (χ4v) is 1.46. The Morgan fingerprint density at radius 3 is 2.76 bits per heavy atom. The number of H-pyrrole nitrogens is 1. The van der Waals surface area contributed by atoms with E-state index in [9.17, 15) is 9.59 Å². The van der Waals surface area contributed by atoms with Gasteiger partial charge in [-0.05, 0) is 25.6 Å². The molecule has 0 atom stereocenters. The molecule has 0 aliphatic carbocycles. The second kappa shape index (κ2) is 6.85.